The first-order valence-electron chi connectivity index (χ1n) is 6.51. The topological polar surface area (TPSA) is 37.8 Å². The molecule has 0 fully saturated rings. The number of aromatic nitrogens is 2. The number of nitrogens with one attached hydrogen (secondary N) is 1. The van der Waals surface area contributed by atoms with Gasteiger partial charge in [-0.25, -0.2) is 9.97 Å². The van der Waals surface area contributed by atoms with Crippen molar-refractivity contribution in [1.82, 2.24) is 15.3 Å². The molecule has 2 heterocycles. The van der Waals surface area contributed by atoms with Crippen LogP contribution in [0.5, 0.6) is 0 Å². The maximum atomic E-state index is 4.74. The molecule has 1 N–H and O–H groups in total. The summed E-state index contributed by atoms with van der Waals surface area (Å²) in [7, 11) is 0. The zero-order valence-electron chi connectivity index (χ0n) is 10.8. The number of nitrogens with zero attached hydrogens (tertiary/aromatic N) is 2. The van der Waals surface area contributed by atoms with Gasteiger partial charge in [0.1, 0.15) is 5.82 Å². The van der Waals surface area contributed by atoms with E-state index in [2.05, 4.69) is 19.2 Å². The fourth-order valence-electron chi connectivity index (χ4n) is 2.17. The first-order chi connectivity index (χ1) is 8.35. The molecule has 0 atom stereocenters. The lowest BCUT2D eigenvalue weighted by Crippen LogP contribution is -2.27. The Labute approximate surface area is 108 Å². The normalized spacial score (nSPS) is 14.7. The van der Waals surface area contributed by atoms with E-state index in [-0.39, 0.29) is 0 Å². The summed E-state index contributed by atoms with van der Waals surface area (Å²) in [5, 5.41) is 3.42. The lowest BCUT2D eigenvalue weighted by molar-refractivity contribution is 0.610. The average molecular weight is 251 g/mol. The van der Waals surface area contributed by atoms with Crippen molar-refractivity contribution in [3.8, 4) is 0 Å². The summed E-state index contributed by atoms with van der Waals surface area (Å²) >= 11 is 1.90. The molecule has 2 rings (SSSR count). The highest BCUT2D eigenvalue weighted by Gasteiger charge is 2.16. The average Bonchev–Trinajstić information content (AvgIpc) is 2.37. The van der Waals surface area contributed by atoms with Crippen LogP contribution in [0.2, 0.25) is 0 Å². The predicted octanol–water partition coefficient (Wildman–Crippen LogP) is 2.33. The second-order valence-electron chi connectivity index (χ2n) is 4.33. The van der Waals surface area contributed by atoms with Gasteiger partial charge in [0.2, 0.25) is 0 Å². The molecule has 17 heavy (non-hydrogen) atoms. The zero-order valence-corrected chi connectivity index (χ0v) is 11.6. The van der Waals surface area contributed by atoms with Gasteiger partial charge in [0, 0.05) is 30.8 Å². The third-order valence-electron chi connectivity index (χ3n) is 2.99. The van der Waals surface area contributed by atoms with Crippen molar-refractivity contribution in [3.05, 3.63) is 22.8 Å². The van der Waals surface area contributed by atoms with Crippen LogP contribution in [0.3, 0.4) is 0 Å². The molecule has 94 valence electrons. The van der Waals surface area contributed by atoms with E-state index in [1.54, 1.807) is 0 Å². The first kappa shape index (κ1) is 12.8. The van der Waals surface area contributed by atoms with E-state index in [0.29, 0.717) is 0 Å². The Kier molecular flexibility index (Phi) is 4.80. The Morgan fingerprint density at radius 3 is 2.94 bits per heavy atom. The molecule has 0 radical (unpaired) electrons. The highest BCUT2D eigenvalue weighted by molar-refractivity contribution is 7.98. The summed E-state index contributed by atoms with van der Waals surface area (Å²) in [6, 6.07) is 0. The van der Waals surface area contributed by atoms with Gasteiger partial charge in [-0.05, 0) is 12.2 Å². The molecule has 1 aliphatic rings. The second-order valence-corrected chi connectivity index (χ2v) is 5.60. The molecule has 0 aromatic carbocycles. The van der Waals surface area contributed by atoms with Crippen LogP contribution in [0, 0.1) is 0 Å². The Morgan fingerprint density at radius 1 is 1.29 bits per heavy atom. The van der Waals surface area contributed by atoms with Gasteiger partial charge in [-0.1, -0.05) is 20.3 Å². The molecule has 1 aliphatic heterocycles. The third kappa shape index (κ3) is 3.19. The van der Waals surface area contributed by atoms with E-state index >= 15 is 0 Å². The van der Waals surface area contributed by atoms with Gasteiger partial charge < -0.3 is 5.32 Å². The van der Waals surface area contributed by atoms with Crippen LogP contribution in [-0.4, -0.2) is 22.3 Å². The van der Waals surface area contributed by atoms with Crippen molar-refractivity contribution in [2.24, 2.45) is 0 Å². The third-order valence-corrected chi connectivity index (χ3v) is 3.86. The molecular formula is C13H21N3S. The quantitative estimate of drug-likeness (QED) is 0.871. The van der Waals surface area contributed by atoms with Crippen LogP contribution in [0.4, 0.5) is 0 Å². The monoisotopic (exact) mass is 251 g/mol. The van der Waals surface area contributed by atoms with Gasteiger partial charge in [0.25, 0.3) is 0 Å². The maximum absolute atomic E-state index is 4.74. The Hall–Kier alpha value is -0.610. The highest BCUT2D eigenvalue weighted by atomic mass is 32.2. The summed E-state index contributed by atoms with van der Waals surface area (Å²) in [6.07, 6.45) is 3.29. The zero-order chi connectivity index (χ0) is 12.1. The van der Waals surface area contributed by atoms with Crippen molar-refractivity contribution >= 4 is 11.8 Å². The minimum atomic E-state index is 0.950. The maximum Gasteiger partial charge on any atom is 0.138 e. The van der Waals surface area contributed by atoms with E-state index < -0.39 is 0 Å². The van der Waals surface area contributed by atoms with Gasteiger partial charge in [0.15, 0.2) is 0 Å². The molecule has 0 spiro atoms. The fourth-order valence-corrected chi connectivity index (χ4v) is 2.69. The summed E-state index contributed by atoms with van der Waals surface area (Å²) in [4.78, 5) is 9.46. The first-order valence-corrected chi connectivity index (χ1v) is 7.66. The molecule has 1 aromatic rings. The number of aryl methyl sites for hydroxylation is 1. The van der Waals surface area contributed by atoms with E-state index in [0.717, 1.165) is 49.7 Å². The number of thioether (sulfide) groups is 1. The molecule has 0 saturated heterocycles. The number of hydrogen-bond donors (Lipinski definition) is 1. The molecular weight excluding hydrogens is 230 g/mol. The summed E-state index contributed by atoms with van der Waals surface area (Å²) in [5.74, 6) is 3.11. The van der Waals surface area contributed by atoms with Crippen LogP contribution in [0.1, 0.15) is 43.0 Å². The van der Waals surface area contributed by atoms with Crippen molar-refractivity contribution in [2.45, 2.75) is 45.4 Å². The molecule has 0 unspecified atom stereocenters. The molecule has 4 heteroatoms. The van der Waals surface area contributed by atoms with Crippen LogP contribution >= 0.6 is 11.8 Å². The molecule has 1 aromatic heterocycles. The number of rotatable bonds is 5. The Bertz CT molecular complexity index is 379. The highest BCUT2D eigenvalue weighted by Crippen LogP contribution is 2.19. The van der Waals surface area contributed by atoms with Crippen molar-refractivity contribution in [3.63, 3.8) is 0 Å². The fraction of sp³-hybridized carbons (Fsp3) is 0.692. The molecule has 0 aliphatic carbocycles. The van der Waals surface area contributed by atoms with Crippen LogP contribution in [0.25, 0.3) is 0 Å². The molecule has 3 nitrogen and oxygen atoms in total. The summed E-state index contributed by atoms with van der Waals surface area (Å²) < 4.78 is 0. The van der Waals surface area contributed by atoms with Crippen LogP contribution in [0.15, 0.2) is 0 Å². The standard InChI is InChI=1S/C13H21N3S/c1-3-5-11-10-8-14-7-6-12(10)16-13(15-11)9-17-4-2/h14H,3-9H2,1-2H3. The predicted molar refractivity (Wildman–Crippen MR) is 73.3 cm³/mol. The summed E-state index contributed by atoms with van der Waals surface area (Å²) in [5.41, 5.74) is 3.92. The smallest absolute Gasteiger partial charge is 0.138 e. The second kappa shape index (κ2) is 6.36. The van der Waals surface area contributed by atoms with E-state index in [4.69, 9.17) is 9.97 Å². The van der Waals surface area contributed by atoms with Gasteiger partial charge in [0.05, 0.1) is 11.4 Å². The summed E-state index contributed by atoms with van der Waals surface area (Å²) in [6.45, 7) is 6.40. The van der Waals surface area contributed by atoms with Gasteiger partial charge in [-0.3, -0.25) is 0 Å². The van der Waals surface area contributed by atoms with Crippen molar-refractivity contribution < 1.29 is 0 Å². The lowest BCUT2D eigenvalue weighted by Gasteiger charge is -2.20. The van der Waals surface area contributed by atoms with Gasteiger partial charge in [-0.2, -0.15) is 11.8 Å². The van der Waals surface area contributed by atoms with Gasteiger partial charge in [-0.15, -0.1) is 0 Å². The largest absolute Gasteiger partial charge is 0.312 e. The Morgan fingerprint density at radius 2 is 2.18 bits per heavy atom. The van der Waals surface area contributed by atoms with Crippen molar-refractivity contribution in [2.75, 3.05) is 12.3 Å². The molecule has 0 amide bonds. The minimum Gasteiger partial charge on any atom is -0.312 e. The van der Waals surface area contributed by atoms with E-state index in [1.165, 1.54) is 17.0 Å². The van der Waals surface area contributed by atoms with E-state index in [1.807, 2.05) is 11.8 Å². The van der Waals surface area contributed by atoms with E-state index in [9.17, 15) is 0 Å². The molecule has 0 saturated carbocycles. The SMILES string of the molecule is CCCc1nc(CSCC)nc2c1CNCC2. The van der Waals surface area contributed by atoms with Crippen molar-refractivity contribution in [1.29, 1.82) is 0 Å². The molecule has 0 bridgehead atoms. The number of fused-ring (bicyclic) bond motifs is 1. The minimum absolute atomic E-state index is 0.950. The Balaban J connectivity index is 2.27. The number of hydrogen-bond acceptors (Lipinski definition) is 4. The van der Waals surface area contributed by atoms with Gasteiger partial charge >= 0.3 is 0 Å². The lowest BCUT2D eigenvalue weighted by atomic mass is 10.0. The van der Waals surface area contributed by atoms with Crippen LogP contribution in [-0.2, 0) is 25.1 Å². The van der Waals surface area contributed by atoms with Crippen LogP contribution < -0.4 is 5.32 Å².